The number of hydrogen-bond donors (Lipinski definition) is 2. The van der Waals surface area contributed by atoms with Crippen molar-refractivity contribution in [3.63, 3.8) is 0 Å². The van der Waals surface area contributed by atoms with Crippen LogP contribution in [0.25, 0.3) is 0 Å². The monoisotopic (exact) mass is 216 g/mol. The van der Waals surface area contributed by atoms with Gasteiger partial charge in [0.15, 0.2) is 5.72 Å². The maximum Gasteiger partial charge on any atom is 0.410 e. The molecule has 1 atom stereocenters. The Bertz CT molecular complexity index is 242. The van der Waals surface area contributed by atoms with Crippen LogP contribution in [0.4, 0.5) is 4.79 Å². The number of nitrogens with two attached hydrogens (primary N) is 1. The largest absolute Gasteiger partial charge is 0.465 e. The van der Waals surface area contributed by atoms with Crippen LogP contribution < -0.4 is 5.73 Å². The molecule has 1 heterocycles. The van der Waals surface area contributed by atoms with Crippen LogP contribution in [-0.4, -0.2) is 40.5 Å². The SMILES string of the molecule is CC(C)(C)N(C(=O)O)C1(CN)CCCO1. The van der Waals surface area contributed by atoms with Crippen LogP contribution in [0.3, 0.4) is 0 Å². The Balaban J connectivity index is 3.01. The molecular weight excluding hydrogens is 196 g/mol. The molecule has 0 aromatic rings. The van der Waals surface area contributed by atoms with Gasteiger partial charge in [0, 0.05) is 18.7 Å². The molecule has 1 fully saturated rings. The van der Waals surface area contributed by atoms with Gasteiger partial charge in [-0.2, -0.15) is 0 Å². The molecular formula is C10H20N2O3. The Morgan fingerprint density at radius 2 is 2.20 bits per heavy atom. The van der Waals surface area contributed by atoms with Gasteiger partial charge in [0.05, 0.1) is 0 Å². The second-order valence-electron chi connectivity index (χ2n) is 4.89. The van der Waals surface area contributed by atoms with Gasteiger partial charge in [-0.25, -0.2) is 4.79 Å². The highest BCUT2D eigenvalue weighted by Gasteiger charge is 2.47. The lowest BCUT2D eigenvalue weighted by molar-refractivity contribution is -0.131. The summed E-state index contributed by atoms with van der Waals surface area (Å²) < 4.78 is 5.56. The van der Waals surface area contributed by atoms with Crippen molar-refractivity contribution in [2.75, 3.05) is 13.2 Å². The standard InChI is InChI=1S/C10H20N2O3/c1-9(2,3)12(8(13)14)10(7-11)5-4-6-15-10/h4-7,11H2,1-3H3,(H,13,14). The van der Waals surface area contributed by atoms with Crippen LogP contribution in [0.5, 0.6) is 0 Å². The van der Waals surface area contributed by atoms with Crippen molar-refractivity contribution in [1.29, 1.82) is 0 Å². The third-order valence-corrected chi connectivity index (χ3v) is 2.67. The minimum atomic E-state index is -0.977. The topological polar surface area (TPSA) is 75.8 Å². The summed E-state index contributed by atoms with van der Waals surface area (Å²) in [4.78, 5) is 12.6. The zero-order chi connectivity index (χ0) is 11.7. The maximum atomic E-state index is 11.3. The molecule has 1 rings (SSSR count). The first-order valence-electron chi connectivity index (χ1n) is 5.21. The molecule has 0 aromatic heterocycles. The quantitative estimate of drug-likeness (QED) is 0.728. The molecule has 15 heavy (non-hydrogen) atoms. The van der Waals surface area contributed by atoms with Gasteiger partial charge in [-0.1, -0.05) is 0 Å². The van der Waals surface area contributed by atoms with E-state index < -0.39 is 17.4 Å². The Labute approximate surface area is 90.2 Å². The van der Waals surface area contributed by atoms with Crippen LogP contribution >= 0.6 is 0 Å². The summed E-state index contributed by atoms with van der Waals surface area (Å²) in [6, 6.07) is 0. The lowest BCUT2D eigenvalue weighted by Gasteiger charge is -2.45. The Hall–Kier alpha value is -0.810. The van der Waals surface area contributed by atoms with Crippen molar-refractivity contribution in [3.8, 4) is 0 Å². The van der Waals surface area contributed by atoms with E-state index in [-0.39, 0.29) is 6.54 Å². The number of carboxylic acid groups (broad SMARTS) is 1. The van der Waals surface area contributed by atoms with E-state index >= 15 is 0 Å². The molecule has 0 saturated carbocycles. The molecule has 0 bridgehead atoms. The second kappa shape index (κ2) is 3.98. The molecule has 5 nitrogen and oxygen atoms in total. The molecule has 3 N–H and O–H groups in total. The van der Waals surface area contributed by atoms with E-state index in [1.54, 1.807) is 0 Å². The summed E-state index contributed by atoms with van der Waals surface area (Å²) in [6.07, 6.45) is 0.555. The van der Waals surface area contributed by atoms with E-state index in [9.17, 15) is 9.90 Å². The fourth-order valence-electron chi connectivity index (χ4n) is 2.18. The van der Waals surface area contributed by atoms with Crippen molar-refractivity contribution in [2.45, 2.75) is 44.9 Å². The van der Waals surface area contributed by atoms with Crippen molar-refractivity contribution in [3.05, 3.63) is 0 Å². The Morgan fingerprint density at radius 1 is 1.60 bits per heavy atom. The summed E-state index contributed by atoms with van der Waals surface area (Å²) in [7, 11) is 0. The van der Waals surface area contributed by atoms with Gasteiger partial charge in [-0.05, 0) is 33.6 Å². The molecule has 88 valence electrons. The lowest BCUT2D eigenvalue weighted by atomic mass is 9.99. The van der Waals surface area contributed by atoms with Crippen LogP contribution in [0.2, 0.25) is 0 Å². The molecule has 1 amide bonds. The van der Waals surface area contributed by atoms with Crippen molar-refractivity contribution >= 4 is 6.09 Å². The Morgan fingerprint density at radius 3 is 2.47 bits per heavy atom. The summed E-state index contributed by atoms with van der Waals surface area (Å²) in [5.74, 6) is 0. The minimum absolute atomic E-state index is 0.205. The van der Waals surface area contributed by atoms with Crippen LogP contribution in [-0.2, 0) is 4.74 Å². The molecule has 1 aliphatic rings. The zero-order valence-corrected chi connectivity index (χ0v) is 9.62. The van der Waals surface area contributed by atoms with E-state index in [0.717, 1.165) is 6.42 Å². The number of nitrogens with zero attached hydrogens (tertiary/aromatic N) is 1. The zero-order valence-electron chi connectivity index (χ0n) is 9.62. The third kappa shape index (κ3) is 2.23. The van der Waals surface area contributed by atoms with Crippen LogP contribution in [0.15, 0.2) is 0 Å². The number of carbonyl (C=O) groups is 1. The molecule has 0 radical (unpaired) electrons. The van der Waals surface area contributed by atoms with Gasteiger partial charge < -0.3 is 15.6 Å². The first-order valence-corrected chi connectivity index (χ1v) is 5.21. The minimum Gasteiger partial charge on any atom is -0.465 e. The molecule has 0 aliphatic carbocycles. The number of hydrogen-bond acceptors (Lipinski definition) is 3. The number of amides is 1. The highest BCUT2D eigenvalue weighted by Crippen LogP contribution is 2.34. The van der Waals surface area contributed by atoms with Gasteiger partial charge in [-0.3, -0.25) is 4.90 Å². The van der Waals surface area contributed by atoms with Gasteiger partial charge in [0.2, 0.25) is 0 Å². The highest BCUT2D eigenvalue weighted by atomic mass is 16.5. The summed E-state index contributed by atoms with van der Waals surface area (Å²) in [5, 5.41) is 9.26. The first kappa shape index (κ1) is 12.3. The third-order valence-electron chi connectivity index (χ3n) is 2.67. The fraction of sp³-hybridized carbons (Fsp3) is 0.900. The fourth-order valence-corrected chi connectivity index (χ4v) is 2.18. The average molecular weight is 216 g/mol. The lowest BCUT2D eigenvalue weighted by Crippen LogP contribution is -2.62. The Kier molecular flexibility index (Phi) is 3.25. The molecule has 1 unspecified atom stereocenters. The summed E-state index contributed by atoms with van der Waals surface area (Å²) >= 11 is 0. The normalized spacial score (nSPS) is 26.7. The van der Waals surface area contributed by atoms with Crippen molar-refractivity contribution in [2.24, 2.45) is 5.73 Å². The molecule has 1 saturated heterocycles. The van der Waals surface area contributed by atoms with Gasteiger partial charge in [0.1, 0.15) is 0 Å². The van der Waals surface area contributed by atoms with Crippen LogP contribution in [0.1, 0.15) is 33.6 Å². The van der Waals surface area contributed by atoms with Crippen molar-refractivity contribution in [1.82, 2.24) is 4.90 Å². The molecule has 0 spiro atoms. The van der Waals surface area contributed by atoms with E-state index in [1.807, 2.05) is 20.8 Å². The van der Waals surface area contributed by atoms with Gasteiger partial charge >= 0.3 is 6.09 Å². The number of ether oxygens (including phenoxy) is 1. The predicted molar refractivity (Wildman–Crippen MR) is 56.6 cm³/mol. The summed E-state index contributed by atoms with van der Waals surface area (Å²) in [6.45, 7) is 6.33. The summed E-state index contributed by atoms with van der Waals surface area (Å²) in [5.41, 5.74) is 4.34. The molecule has 0 aromatic carbocycles. The maximum absolute atomic E-state index is 11.3. The van der Waals surface area contributed by atoms with Crippen molar-refractivity contribution < 1.29 is 14.6 Å². The van der Waals surface area contributed by atoms with E-state index in [1.165, 1.54) is 4.90 Å². The van der Waals surface area contributed by atoms with Gasteiger partial charge in [-0.15, -0.1) is 0 Å². The number of rotatable bonds is 2. The average Bonchev–Trinajstić information content (AvgIpc) is 2.50. The van der Waals surface area contributed by atoms with Gasteiger partial charge in [0.25, 0.3) is 0 Å². The van der Waals surface area contributed by atoms with E-state index in [0.29, 0.717) is 13.0 Å². The molecule has 5 heteroatoms. The smallest absolute Gasteiger partial charge is 0.410 e. The second-order valence-corrected chi connectivity index (χ2v) is 4.89. The van der Waals surface area contributed by atoms with E-state index in [2.05, 4.69) is 0 Å². The first-order chi connectivity index (χ1) is 6.83. The van der Waals surface area contributed by atoms with Crippen LogP contribution in [0, 0.1) is 0 Å². The van der Waals surface area contributed by atoms with E-state index in [4.69, 9.17) is 10.5 Å². The predicted octanol–water partition coefficient (Wildman–Crippen LogP) is 1.23. The highest BCUT2D eigenvalue weighted by molar-refractivity contribution is 5.67. The molecule has 1 aliphatic heterocycles.